The molecule has 0 aliphatic heterocycles. The van der Waals surface area contributed by atoms with Crippen LogP contribution < -0.4 is 0 Å². The Labute approximate surface area is 156 Å². The van der Waals surface area contributed by atoms with E-state index in [0.29, 0.717) is 11.3 Å². The number of hydrogen-bond donors (Lipinski definition) is 0. The molecule has 0 aromatic heterocycles. The summed E-state index contributed by atoms with van der Waals surface area (Å²) in [6.45, 7) is 0. The van der Waals surface area contributed by atoms with E-state index in [9.17, 15) is 4.79 Å². The van der Waals surface area contributed by atoms with Crippen LogP contribution in [0.3, 0.4) is 0 Å². The lowest BCUT2D eigenvalue weighted by atomic mass is 9.51. The van der Waals surface area contributed by atoms with Crippen LogP contribution in [0.1, 0.15) is 62.0 Å². The molecule has 2 aromatic rings. The fraction of sp³-hybridized carbons (Fsp3) is 0.458. The second-order valence-corrected chi connectivity index (χ2v) is 8.35. The molecule has 2 nitrogen and oxygen atoms in total. The lowest BCUT2D eigenvalue weighted by Crippen LogP contribution is -2.46. The van der Waals surface area contributed by atoms with Gasteiger partial charge in [0.2, 0.25) is 0 Å². The maximum absolute atomic E-state index is 12.3. The van der Waals surface area contributed by atoms with Gasteiger partial charge in [-0.25, -0.2) is 0 Å². The van der Waals surface area contributed by atoms with Gasteiger partial charge in [-0.3, -0.25) is 4.79 Å². The molecule has 0 radical (unpaired) electrons. The lowest BCUT2D eigenvalue weighted by Gasteiger charge is -2.53. The molecule has 2 bridgehead atoms. The number of rotatable bonds is 5. The van der Waals surface area contributed by atoms with Crippen LogP contribution in [0.2, 0.25) is 0 Å². The molecule has 0 N–H and O–H groups in total. The summed E-state index contributed by atoms with van der Waals surface area (Å²) in [5, 5.41) is 0. The molecule has 0 amide bonds. The SMILES string of the molecule is COC(=O)C12CCC(CC(c3ccccc3)c3ccccc3)(CC1)CC2. The van der Waals surface area contributed by atoms with Gasteiger partial charge < -0.3 is 4.74 Å². The Balaban J connectivity index is 1.59. The van der Waals surface area contributed by atoms with Crippen molar-refractivity contribution in [3.63, 3.8) is 0 Å². The van der Waals surface area contributed by atoms with Crippen molar-refractivity contribution >= 4 is 5.97 Å². The van der Waals surface area contributed by atoms with Gasteiger partial charge >= 0.3 is 5.97 Å². The summed E-state index contributed by atoms with van der Waals surface area (Å²) in [7, 11) is 1.54. The van der Waals surface area contributed by atoms with E-state index in [1.54, 1.807) is 0 Å². The molecule has 5 rings (SSSR count). The zero-order chi connectivity index (χ0) is 18.0. The van der Waals surface area contributed by atoms with Crippen LogP contribution in [0.15, 0.2) is 60.7 Å². The van der Waals surface area contributed by atoms with Gasteiger partial charge in [-0.15, -0.1) is 0 Å². The Morgan fingerprint density at radius 1 is 0.846 bits per heavy atom. The summed E-state index contributed by atoms with van der Waals surface area (Å²) in [5.74, 6) is 0.453. The van der Waals surface area contributed by atoms with Crippen LogP contribution in [0.25, 0.3) is 0 Å². The molecule has 3 aliphatic carbocycles. The summed E-state index contributed by atoms with van der Waals surface area (Å²) in [6, 6.07) is 21.8. The average molecular weight is 348 g/mol. The predicted molar refractivity (Wildman–Crippen MR) is 104 cm³/mol. The van der Waals surface area contributed by atoms with Gasteiger partial charge in [-0.1, -0.05) is 60.7 Å². The van der Waals surface area contributed by atoms with E-state index in [1.165, 1.54) is 24.7 Å². The summed E-state index contributed by atoms with van der Waals surface area (Å²) in [6.07, 6.45) is 7.62. The molecule has 26 heavy (non-hydrogen) atoms. The van der Waals surface area contributed by atoms with Gasteiger partial charge in [0, 0.05) is 5.92 Å². The molecule has 3 saturated carbocycles. The van der Waals surface area contributed by atoms with Crippen molar-refractivity contribution in [3.05, 3.63) is 71.8 Å². The van der Waals surface area contributed by atoms with Crippen LogP contribution in [-0.2, 0) is 9.53 Å². The minimum absolute atomic E-state index is 0.0217. The Kier molecular flexibility index (Phi) is 4.60. The zero-order valence-electron chi connectivity index (χ0n) is 15.6. The van der Waals surface area contributed by atoms with E-state index in [-0.39, 0.29) is 11.4 Å². The van der Waals surface area contributed by atoms with E-state index in [2.05, 4.69) is 60.7 Å². The van der Waals surface area contributed by atoms with Gasteiger partial charge in [0.25, 0.3) is 0 Å². The summed E-state index contributed by atoms with van der Waals surface area (Å²) in [5.41, 5.74) is 2.99. The third kappa shape index (κ3) is 3.06. The number of ether oxygens (including phenoxy) is 1. The smallest absolute Gasteiger partial charge is 0.311 e. The van der Waals surface area contributed by atoms with Crippen LogP contribution in [0.4, 0.5) is 0 Å². The number of fused-ring (bicyclic) bond motifs is 3. The van der Waals surface area contributed by atoms with E-state index in [0.717, 1.165) is 38.5 Å². The molecule has 136 valence electrons. The highest BCUT2D eigenvalue weighted by atomic mass is 16.5. The van der Waals surface area contributed by atoms with Crippen molar-refractivity contribution in [2.24, 2.45) is 10.8 Å². The number of carbonyl (C=O) groups is 1. The van der Waals surface area contributed by atoms with Crippen LogP contribution >= 0.6 is 0 Å². The van der Waals surface area contributed by atoms with Crippen molar-refractivity contribution in [1.82, 2.24) is 0 Å². The molecular formula is C24H28O2. The van der Waals surface area contributed by atoms with E-state index in [4.69, 9.17) is 4.74 Å². The van der Waals surface area contributed by atoms with Gasteiger partial charge in [0.15, 0.2) is 0 Å². The number of hydrogen-bond acceptors (Lipinski definition) is 2. The van der Waals surface area contributed by atoms with E-state index >= 15 is 0 Å². The highest BCUT2D eigenvalue weighted by molar-refractivity contribution is 5.77. The molecule has 0 heterocycles. The summed E-state index contributed by atoms with van der Waals surface area (Å²) < 4.78 is 5.12. The average Bonchev–Trinajstić information content (AvgIpc) is 2.74. The molecule has 2 aromatic carbocycles. The monoisotopic (exact) mass is 348 g/mol. The summed E-state index contributed by atoms with van der Waals surface area (Å²) >= 11 is 0. The van der Waals surface area contributed by atoms with Gasteiger partial charge in [-0.2, -0.15) is 0 Å². The van der Waals surface area contributed by atoms with Crippen LogP contribution in [-0.4, -0.2) is 13.1 Å². The molecule has 0 unspecified atom stereocenters. The second kappa shape index (κ2) is 6.90. The summed E-state index contributed by atoms with van der Waals surface area (Å²) in [4.78, 5) is 12.3. The highest BCUT2D eigenvalue weighted by Gasteiger charge is 2.53. The molecule has 0 spiro atoms. The predicted octanol–water partition coefficient (Wildman–Crippen LogP) is 5.72. The quantitative estimate of drug-likeness (QED) is 0.646. The number of benzene rings is 2. The van der Waals surface area contributed by atoms with Crippen molar-refractivity contribution in [2.75, 3.05) is 7.11 Å². The lowest BCUT2D eigenvalue weighted by molar-refractivity contribution is -0.163. The van der Waals surface area contributed by atoms with Crippen LogP contribution in [0.5, 0.6) is 0 Å². The van der Waals surface area contributed by atoms with Gasteiger partial charge in [0.1, 0.15) is 0 Å². The maximum Gasteiger partial charge on any atom is 0.311 e. The normalized spacial score (nSPS) is 27.5. The number of methoxy groups -OCH3 is 1. The largest absolute Gasteiger partial charge is 0.469 e. The maximum atomic E-state index is 12.3. The van der Waals surface area contributed by atoms with Crippen LogP contribution in [0, 0.1) is 10.8 Å². The third-order valence-electron chi connectivity index (χ3n) is 7.06. The first-order valence-corrected chi connectivity index (χ1v) is 9.85. The highest BCUT2D eigenvalue weighted by Crippen LogP contribution is 2.60. The molecule has 2 heteroatoms. The van der Waals surface area contributed by atoms with Crippen molar-refractivity contribution < 1.29 is 9.53 Å². The third-order valence-corrected chi connectivity index (χ3v) is 7.06. The van der Waals surface area contributed by atoms with Crippen molar-refractivity contribution in [3.8, 4) is 0 Å². The zero-order valence-corrected chi connectivity index (χ0v) is 15.6. The standard InChI is InChI=1S/C24H28O2/c1-26-22(25)24-15-12-23(13-16-24,14-17-24)18-21(19-8-4-2-5-9-19)20-10-6-3-7-11-20/h2-11,21H,12-18H2,1H3. The van der Waals surface area contributed by atoms with Gasteiger partial charge in [0.05, 0.1) is 12.5 Å². The molecule has 0 saturated heterocycles. The topological polar surface area (TPSA) is 26.3 Å². The Bertz CT molecular complexity index is 686. The van der Waals surface area contributed by atoms with Crippen molar-refractivity contribution in [2.45, 2.75) is 50.9 Å². The molecular weight excluding hydrogens is 320 g/mol. The first-order chi connectivity index (χ1) is 12.7. The minimum Gasteiger partial charge on any atom is -0.469 e. The van der Waals surface area contributed by atoms with E-state index in [1.807, 2.05) is 0 Å². The first-order valence-electron chi connectivity index (χ1n) is 9.85. The molecule has 3 aliphatic rings. The van der Waals surface area contributed by atoms with Crippen molar-refractivity contribution in [1.29, 1.82) is 0 Å². The number of carbonyl (C=O) groups excluding carboxylic acids is 1. The fourth-order valence-electron chi connectivity index (χ4n) is 5.32. The fourth-order valence-corrected chi connectivity index (χ4v) is 5.32. The minimum atomic E-state index is -0.189. The number of esters is 1. The Hall–Kier alpha value is -2.09. The molecule has 3 fully saturated rings. The van der Waals surface area contributed by atoms with Gasteiger partial charge in [-0.05, 0) is 61.5 Å². The second-order valence-electron chi connectivity index (χ2n) is 8.35. The van der Waals surface area contributed by atoms with E-state index < -0.39 is 0 Å². The first kappa shape index (κ1) is 17.3. The molecule has 0 atom stereocenters. The Morgan fingerprint density at radius 2 is 1.31 bits per heavy atom. The Morgan fingerprint density at radius 3 is 1.73 bits per heavy atom.